The van der Waals surface area contributed by atoms with Gasteiger partial charge >= 0.3 is 11.8 Å². The van der Waals surface area contributed by atoms with Crippen LogP contribution in [0.5, 0.6) is 0 Å². The number of hydrogen-bond donors (Lipinski definition) is 3. The van der Waals surface area contributed by atoms with E-state index in [1.54, 1.807) is 0 Å². The minimum Gasteiger partial charge on any atom is -0.396 e. The number of nitrogens with one attached hydrogen (secondary N) is 2. The number of aliphatic hydroxyl groups is 1. The fourth-order valence-electron chi connectivity index (χ4n) is 1.78. The molecule has 1 aromatic carbocycles. The standard InChI is InChI=1S/C15H22N2O3/c1-12(13-8-4-2-5-9-13)17-15(20)14(19)16-10-6-3-7-11-18/h2,4-5,8-9,12,18H,3,6-7,10-11H2,1H3,(H,16,19)(H,17,20)/t12-/m1/s1. The molecule has 0 spiro atoms. The van der Waals surface area contributed by atoms with Gasteiger partial charge in [-0.2, -0.15) is 0 Å². The Morgan fingerprint density at radius 2 is 1.80 bits per heavy atom. The maximum atomic E-state index is 11.7. The highest BCUT2D eigenvalue weighted by Gasteiger charge is 2.16. The largest absolute Gasteiger partial charge is 0.396 e. The minimum atomic E-state index is -0.622. The molecule has 0 radical (unpaired) electrons. The van der Waals surface area contributed by atoms with Crippen LogP contribution in [-0.4, -0.2) is 30.1 Å². The highest BCUT2D eigenvalue weighted by atomic mass is 16.3. The number of rotatable bonds is 7. The van der Waals surface area contributed by atoms with Gasteiger partial charge < -0.3 is 15.7 Å². The molecular formula is C15H22N2O3. The Morgan fingerprint density at radius 1 is 1.10 bits per heavy atom. The van der Waals surface area contributed by atoms with Crippen molar-refractivity contribution < 1.29 is 14.7 Å². The van der Waals surface area contributed by atoms with Gasteiger partial charge in [-0.3, -0.25) is 9.59 Å². The van der Waals surface area contributed by atoms with Crippen LogP contribution in [0.3, 0.4) is 0 Å². The SMILES string of the molecule is C[C@@H](NC(=O)C(=O)NCCCCCO)c1ccccc1. The molecule has 0 aliphatic heterocycles. The molecule has 1 aromatic rings. The summed E-state index contributed by atoms with van der Waals surface area (Å²) in [6.07, 6.45) is 2.31. The van der Waals surface area contributed by atoms with Crippen LogP contribution in [0, 0.1) is 0 Å². The molecule has 0 bridgehead atoms. The van der Waals surface area contributed by atoms with Crippen molar-refractivity contribution in [2.45, 2.75) is 32.2 Å². The molecule has 110 valence electrons. The lowest BCUT2D eigenvalue weighted by Gasteiger charge is -2.13. The molecule has 0 saturated carbocycles. The number of benzene rings is 1. The number of aliphatic hydroxyl groups excluding tert-OH is 1. The van der Waals surface area contributed by atoms with Crippen LogP contribution in [0.15, 0.2) is 30.3 Å². The van der Waals surface area contributed by atoms with Crippen LogP contribution in [-0.2, 0) is 9.59 Å². The molecule has 0 fully saturated rings. The van der Waals surface area contributed by atoms with Gasteiger partial charge in [0, 0.05) is 13.2 Å². The summed E-state index contributed by atoms with van der Waals surface area (Å²) >= 11 is 0. The summed E-state index contributed by atoms with van der Waals surface area (Å²) in [6, 6.07) is 9.27. The lowest BCUT2D eigenvalue weighted by atomic mass is 10.1. The van der Waals surface area contributed by atoms with E-state index in [1.807, 2.05) is 37.3 Å². The summed E-state index contributed by atoms with van der Waals surface area (Å²) in [4.78, 5) is 23.3. The summed E-state index contributed by atoms with van der Waals surface area (Å²) < 4.78 is 0. The molecule has 1 atom stereocenters. The van der Waals surface area contributed by atoms with Gasteiger partial charge in [-0.25, -0.2) is 0 Å². The molecule has 0 saturated heterocycles. The van der Waals surface area contributed by atoms with Crippen LogP contribution < -0.4 is 10.6 Å². The zero-order valence-corrected chi connectivity index (χ0v) is 11.8. The van der Waals surface area contributed by atoms with Crippen LogP contribution in [0.25, 0.3) is 0 Å². The second kappa shape index (κ2) is 9.09. The number of carbonyl (C=O) groups excluding carboxylic acids is 2. The molecule has 0 unspecified atom stereocenters. The molecule has 2 amide bonds. The average molecular weight is 278 g/mol. The molecule has 1 rings (SSSR count). The fourth-order valence-corrected chi connectivity index (χ4v) is 1.78. The third-order valence-corrected chi connectivity index (χ3v) is 2.97. The fraction of sp³-hybridized carbons (Fsp3) is 0.467. The molecular weight excluding hydrogens is 256 g/mol. The quantitative estimate of drug-likeness (QED) is 0.517. The first-order valence-electron chi connectivity index (χ1n) is 6.89. The Balaban J connectivity index is 2.29. The van der Waals surface area contributed by atoms with E-state index in [4.69, 9.17) is 5.11 Å². The van der Waals surface area contributed by atoms with Gasteiger partial charge in [0.2, 0.25) is 0 Å². The van der Waals surface area contributed by atoms with E-state index in [1.165, 1.54) is 0 Å². The van der Waals surface area contributed by atoms with Gasteiger partial charge in [0.25, 0.3) is 0 Å². The van der Waals surface area contributed by atoms with Crippen molar-refractivity contribution in [1.82, 2.24) is 10.6 Å². The molecule has 20 heavy (non-hydrogen) atoms. The lowest BCUT2D eigenvalue weighted by molar-refractivity contribution is -0.139. The van der Waals surface area contributed by atoms with Crippen molar-refractivity contribution in [3.05, 3.63) is 35.9 Å². The van der Waals surface area contributed by atoms with Crippen molar-refractivity contribution in [1.29, 1.82) is 0 Å². The minimum absolute atomic E-state index is 0.156. The smallest absolute Gasteiger partial charge is 0.309 e. The maximum absolute atomic E-state index is 11.7. The first-order valence-corrected chi connectivity index (χ1v) is 6.89. The summed E-state index contributed by atoms with van der Waals surface area (Å²) in [5, 5.41) is 13.8. The van der Waals surface area contributed by atoms with Gasteiger partial charge in [-0.15, -0.1) is 0 Å². The number of hydrogen-bond acceptors (Lipinski definition) is 3. The molecule has 0 aliphatic carbocycles. The van der Waals surface area contributed by atoms with E-state index >= 15 is 0 Å². The summed E-state index contributed by atoms with van der Waals surface area (Å²) in [7, 11) is 0. The molecule has 0 aliphatic rings. The third-order valence-electron chi connectivity index (χ3n) is 2.97. The van der Waals surface area contributed by atoms with E-state index in [0.29, 0.717) is 13.0 Å². The topological polar surface area (TPSA) is 78.4 Å². The number of amides is 2. The first kappa shape index (κ1) is 16.2. The van der Waals surface area contributed by atoms with Crippen molar-refractivity contribution >= 4 is 11.8 Å². The predicted molar refractivity (Wildman–Crippen MR) is 76.9 cm³/mol. The summed E-state index contributed by atoms with van der Waals surface area (Å²) in [5.74, 6) is -1.24. The van der Waals surface area contributed by atoms with Gasteiger partial charge in [0.15, 0.2) is 0 Å². The van der Waals surface area contributed by atoms with Gasteiger partial charge in [-0.1, -0.05) is 30.3 Å². The van der Waals surface area contributed by atoms with E-state index in [9.17, 15) is 9.59 Å². The normalized spacial score (nSPS) is 11.7. The van der Waals surface area contributed by atoms with Crippen molar-refractivity contribution in [2.75, 3.05) is 13.2 Å². The van der Waals surface area contributed by atoms with Crippen LogP contribution in [0.1, 0.15) is 37.8 Å². The zero-order valence-electron chi connectivity index (χ0n) is 11.8. The molecule has 0 heterocycles. The van der Waals surface area contributed by atoms with Crippen LogP contribution in [0.4, 0.5) is 0 Å². The van der Waals surface area contributed by atoms with E-state index in [-0.39, 0.29) is 12.6 Å². The Kier molecular flexibility index (Phi) is 7.35. The highest BCUT2D eigenvalue weighted by molar-refractivity contribution is 6.35. The van der Waals surface area contributed by atoms with E-state index in [2.05, 4.69) is 10.6 Å². The average Bonchev–Trinajstić information content (AvgIpc) is 2.47. The second-order valence-corrected chi connectivity index (χ2v) is 4.65. The Labute approximate surface area is 119 Å². The maximum Gasteiger partial charge on any atom is 0.309 e. The van der Waals surface area contributed by atoms with Crippen molar-refractivity contribution in [3.8, 4) is 0 Å². The summed E-state index contributed by atoms with van der Waals surface area (Å²) in [6.45, 7) is 2.44. The second-order valence-electron chi connectivity index (χ2n) is 4.65. The van der Waals surface area contributed by atoms with Crippen LogP contribution in [0.2, 0.25) is 0 Å². The lowest BCUT2D eigenvalue weighted by Crippen LogP contribution is -2.41. The van der Waals surface area contributed by atoms with Crippen molar-refractivity contribution in [3.63, 3.8) is 0 Å². The van der Waals surface area contributed by atoms with Gasteiger partial charge in [0.1, 0.15) is 0 Å². The molecule has 5 heteroatoms. The Morgan fingerprint density at radius 3 is 2.45 bits per heavy atom. The third kappa shape index (κ3) is 5.84. The molecule has 5 nitrogen and oxygen atoms in total. The summed E-state index contributed by atoms with van der Waals surface area (Å²) in [5.41, 5.74) is 0.955. The zero-order chi connectivity index (χ0) is 14.8. The van der Waals surface area contributed by atoms with E-state index < -0.39 is 11.8 Å². The predicted octanol–water partition coefficient (Wildman–Crippen LogP) is 1.14. The van der Waals surface area contributed by atoms with E-state index in [0.717, 1.165) is 18.4 Å². The molecule has 0 aromatic heterocycles. The Hall–Kier alpha value is -1.88. The first-order chi connectivity index (χ1) is 9.65. The highest BCUT2D eigenvalue weighted by Crippen LogP contribution is 2.10. The molecule has 3 N–H and O–H groups in total. The van der Waals surface area contributed by atoms with Crippen LogP contribution >= 0.6 is 0 Å². The number of carbonyl (C=O) groups is 2. The Bertz CT molecular complexity index is 420. The van der Waals surface area contributed by atoms with Crippen molar-refractivity contribution in [2.24, 2.45) is 0 Å². The van der Waals surface area contributed by atoms with Gasteiger partial charge in [0.05, 0.1) is 6.04 Å². The number of unbranched alkanes of at least 4 members (excludes halogenated alkanes) is 2. The van der Waals surface area contributed by atoms with Gasteiger partial charge in [-0.05, 0) is 31.7 Å². The monoisotopic (exact) mass is 278 g/mol.